The number of hydrogen-bond donors (Lipinski definition) is 5. The lowest BCUT2D eigenvalue weighted by atomic mass is 9.99. The van der Waals surface area contributed by atoms with Crippen LogP contribution in [0.5, 0.6) is 0 Å². The quantitative estimate of drug-likeness (QED) is 0.0628. The van der Waals surface area contributed by atoms with Gasteiger partial charge in [0.2, 0.25) is 23.3 Å². The van der Waals surface area contributed by atoms with Crippen molar-refractivity contribution in [2.75, 3.05) is 16.8 Å². The molecule has 466 valence electrons. The topological polar surface area (TPSA) is 294 Å². The van der Waals surface area contributed by atoms with E-state index in [9.17, 15) is 14.4 Å². The van der Waals surface area contributed by atoms with Crippen molar-refractivity contribution in [1.29, 1.82) is 0 Å². The number of nitrogen functional groups attached to an aromatic ring is 2. The molecule has 9 N–H and O–H groups in total. The highest BCUT2D eigenvalue weighted by Crippen LogP contribution is 2.33. The standard InChI is InChI=1S/C27H22N8O.C22H20N4O.C17H15ClN2O.C5H3ClN4/c1-16(33-25-22(29-3)15-32-27(28)34-25)23-12-18-8-7-11-21(19-13-30-17(2)31-14-19)24(18)26(36)35(23)20-9-5-4-6-10-20;1-14(23)20-11-16-7-6-10-19(17-12-24-15(2)25-13-17)21(16)22(27)26(20)18-8-4-3-5-9-18;1-11(19)15-10-12-6-5-9-14(18)16(12)17(21)20(15)13-7-3-2-4-8-13;1-8-3-2-9-5(7)10-4(3)6/h4-16H,1-2H3,(H3,28,32,33,34);3-14H,23H2,1-2H3;2-11H,19H2,1H3;2H,(H2,7,9,10)/t16-;14-;11-;/m000./s1. The number of fused-ring (bicyclic) bond motifs is 3. The second-order valence-electron chi connectivity index (χ2n) is 21.5. The summed E-state index contributed by atoms with van der Waals surface area (Å²) in [6.45, 7) is 23.3. The highest BCUT2D eigenvalue weighted by Gasteiger charge is 2.22. The van der Waals surface area contributed by atoms with E-state index in [1.807, 2.05) is 192 Å². The molecule has 0 amide bonds. The van der Waals surface area contributed by atoms with Crippen molar-refractivity contribution in [3.8, 4) is 39.3 Å². The van der Waals surface area contributed by atoms with Gasteiger partial charge in [0.1, 0.15) is 22.6 Å². The molecular formula is C71H60Cl2N18O3. The van der Waals surface area contributed by atoms with Gasteiger partial charge in [-0.1, -0.05) is 126 Å². The summed E-state index contributed by atoms with van der Waals surface area (Å²) in [4.78, 5) is 79.6. The number of nitrogens with one attached hydrogen (secondary N) is 1. The van der Waals surface area contributed by atoms with Crippen LogP contribution in [0.1, 0.15) is 67.6 Å². The maximum atomic E-state index is 14.1. The summed E-state index contributed by atoms with van der Waals surface area (Å²) in [5.74, 6) is 1.80. The molecule has 0 aliphatic rings. The third-order valence-corrected chi connectivity index (χ3v) is 15.5. The maximum absolute atomic E-state index is 14.1. The summed E-state index contributed by atoms with van der Waals surface area (Å²) in [7, 11) is 0. The molecule has 0 radical (unpaired) electrons. The second kappa shape index (κ2) is 29.0. The van der Waals surface area contributed by atoms with Gasteiger partial charge in [-0.25, -0.2) is 49.6 Å². The van der Waals surface area contributed by atoms with Crippen molar-refractivity contribution in [2.45, 2.75) is 52.7 Å². The van der Waals surface area contributed by atoms with Gasteiger partial charge >= 0.3 is 0 Å². The average molecular weight is 1280 g/mol. The Morgan fingerprint density at radius 3 is 1.24 bits per heavy atom. The minimum Gasteiger partial charge on any atom is -0.371 e. The molecule has 0 unspecified atom stereocenters. The summed E-state index contributed by atoms with van der Waals surface area (Å²) < 4.78 is 5.02. The van der Waals surface area contributed by atoms with E-state index >= 15 is 0 Å². The number of rotatable bonds is 10. The fraction of sp³-hybridized carbons (Fsp3) is 0.113. The number of hydrogen-bond acceptors (Lipinski definition) is 16. The zero-order valence-corrected chi connectivity index (χ0v) is 52.9. The van der Waals surface area contributed by atoms with E-state index in [0.29, 0.717) is 44.3 Å². The first-order valence-electron chi connectivity index (χ1n) is 29.2. The van der Waals surface area contributed by atoms with Gasteiger partial charge in [0.15, 0.2) is 0 Å². The highest BCUT2D eigenvalue weighted by atomic mass is 35.5. The Balaban J connectivity index is 0.000000147. The normalized spacial score (nSPS) is 11.7. The SMILES string of the molecule is C[C@H](N)c1cc2cccc(Cl)c2c(=O)n1-c1ccccc1.Cc1ncc(-c2cccc3cc([C@H](C)N)n(-c4ccccc4)c(=O)c23)cn1.[C-]#[N+]c1cnc(N)nc1Cl.[C-]#[N+]c1cnc(N)nc1N[C@@H](C)c1cc2cccc(-c3cnc(C)nc3)c2c(=O)n1-c1ccccc1. The van der Waals surface area contributed by atoms with Crippen LogP contribution in [0.2, 0.25) is 10.2 Å². The molecule has 6 aromatic carbocycles. The lowest BCUT2D eigenvalue weighted by Crippen LogP contribution is -2.26. The van der Waals surface area contributed by atoms with E-state index in [4.69, 9.17) is 59.3 Å². The molecule has 7 aromatic heterocycles. The van der Waals surface area contributed by atoms with Crippen LogP contribution in [0.25, 0.3) is 81.3 Å². The largest absolute Gasteiger partial charge is 0.371 e. The summed E-state index contributed by atoms with van der Waals surface area (Å²) in [5.41, 5.74) is 30.9. The Bertz CT molecular complexity index is 5190. The first-order valence-corrected chi connectivity index (χ1v) is 30.0. The molecule has 0 saturated carbocycles. The first kappa shape index (κ1) is 65.1. The maximum Gasteiger partial charge on any atom is 0.264 e. The Labute approximate surface area is 549 Å². The van der Waals surface area contributed by atoms with E-state index in [-0.39, 0.29) is 57.2 Å². The van der Waals surface area contributed by atoms with Gasteiger partial charge in [-0.15, -0.1) is 0 Å². The molecule has 0 aliphatic carbocycles. The molecule has 0 spiro atoms. The molecule has 23 heteroatoms. The van der Waals surface area contributed by atoms with Gasteiger partial charge in [-0.3, -0.25) is 28.1 Å². The summed E-state index contributed by atoms with van der Waals surface area (Å²) in [6, 6.07) is 50.4. The lowest BCUT2D eigenvalue weighted by Gasteiger charge is -2.22. The molecule has 21 nitrogen and oxygen atoms in total. The average Bonchev–Trinajstić information content (AvgIpc) is 0.768. The number of benzene rings is 6. The van der Waals surface area contributed by atoms with E-state index in [2.05, 4.69) is 54.9 Å². The molecule has 0 aliphatic heterocycles. The van der Waals surface area contributed by atoms with Gasteiger partial charge < -0.3 is 28.3 Å². The third-order valence-electron chi connectivity index (χ3n) is 14.9. The number of anilines is 3. The number of para-hydroxylation sites is 3. The zero-order chi connectivity index (χ0) is 66.7. The number of nitrogens with zero attached hydrogens (tertiary/aromatic N) is 13. The number of pyridine rings is 3. The van der Waals surface area contributed by atoms with E-state index < -0.39 is 6.04 Å². The van der Waals surface area contributed by atoms with Gasteiger partial charge in [-0.2, -0.15) is 0 Å². The van der Waals surface area contributed by atoms with Crippen LogP contribution < -0.4 is 44.9 Å². The zero-order valence-electron chi connectivity index (χ0n) is 51.4. The van der Waals surface area contributed by atoms with Crippen molar-refractivity contribution in [3.63, 3.8) is 0 Å². The Morgan fingerprint density at radius 2 is 0.830 bits per heavy atom. The monoisotopic (exact) mass is 1280 g/mol. The smallest absolute Gasteiger partial charge is 0.264 e. The number of aryl methyl sites for hydroxylation is 2. The molecular weight excluding hydrogens is 1220 g/mol. The van der Waals surface area contributed by atoms with Crippen LogP contribution in [-0.2, 0) is 0 Å². The van der Waals surface area contributed by atoms with Crippen molar-refractivity contribution in [2.24, 2.45) is 11.5 Å². The molecule has 13 aromatic rings. The minimum absolute atomic E-state index is 0.0565. The van der Waals surface area contributed by atoms with Gasteiger partial charge in [-0.05, 0) is 123 Å². The van der Waals surface area contributed by atoms with Crippen LogP contribution in [0.15, 0.2) is 215 Å². The Kier molecular flexibility index (Phi) is 20.1. The predicted molar refractivity (Wildman–Crippen MR) is 373 cm³/mol. The summed E-state index contributed by atoms with van der Waals surface area (Å²) in [6.07, 6.45) is 9.63. The molecule has 0 saturated heterocycles. The molecule has 7 heterocycles. The molecule has 3 atom stereocenters. The number of nitrogens with two attached hydrogens (primary N) is 4. The van der Waals surface area contributed by atoms with Crippen LogP contribution >= 0.6 is 23.2 Å². The molecule has 0 fully saturated rings. The van der Waals surface area contributed by atoms with E-state index in [1.165, 1.54) is 12.4 Å². The van der Waals surface area contributed by atoms with E-state index in [1.54, 1.807) is 44.6 Å². The molecule has 13 rings (SSSR count). The van der Waals surface area contributed by atoms with Crippen LogP contribution in [-0.4, -0.2) is 53.6 Å². The summed E-state index contributed by atoms with van der Waals surface area (Å²) in [5, 5.41) is 7.98. The van der Waals surface area contributed by atoms with E-state index in [0.717, 1.165) is 66.9 Å². The lowest BCUT2D eigenvalue weighted by molar-refractivity contribution is 0.734. The van der Waals surface area contributed by atoms with Gasteiger partial charge in [0.05, 0.1) is 40.4 Å². The Hall–Kier alpha value is -11.9. The van der Waals surface area contributed by atoms with Crippen LogP contribution in [0.3, 0.4) is 0 Å². The minimum atomic E-state index is -0.400. The fourth-order valence-electron chi connectivity index (χ4n) is 10.5. The highest BCUT2D eigenvalue weighted by molar-refractivity contribution is 6.35. The van der Waals surface area contributed by atoms with Crippen molar-refractivity contribution >= 4 is 84.6 Å². The number of halogens is 2. The Morgan fingerprint density at radius 1 is 0.457 bits per heavy atom. The van der Waals surface area contributed by atoms with Gasteiger partial charge in [0, 0.05) is 94.5 Å². The number of aromatic nitrogens is 11. The van der Waals surface area contributed by atoms with Crippen LogP contribution in [0.4, 0.5) is 29.1 Å². The van der Waals surface area contributed by atoms with Crippen molar-refractivity contribution in [3.05, 3.63) is 294 Å². The predicted octanol–water partition coefficient (Wildman–Crippen LogP) is 13.6. The second-order valence-corrected chi connectivity index (χ2v) is 22.2. The first-order chi connectivity index (χ1) is 45.3. The van der Waals surface area contributed by atoms with Crippen molar-refractivity contribution in [1.82, 2.24) is 53.6 Å². The fourth-order valence-corrected chi connectivity index (χ4v) is 10.9. The van der Waals surface area contributed by atoms with Crippen molar-refractivity contribution < 1.29 is 0 Å². The van der Waals surface area contributed by atoms with Gasteiger partial charge in [0.25, 0.3) is 16.7 Å². The third kappa shape index (κ3) is 14.2. The molecule has 0 bridgehead atoms. The summed E-state index contributed by atoms with van der Waals surface area (Å²) >= 11 is 11.7. The molecule has 94 heavy (non-hydrogen) atoms. The van der Waals surface area contributed by atoms with Crippen LogP contribution in [0, 0.1) is 27.0 Å².